The first-order valence-electron chi connectivity index (χ1n) is 8.75. The van der Waals surface area contributed by atoms with Crippen molar-refractivity contribution in [1.29, 1.82) is 0 Å². The number of nitrogens with zero attached hydrogens (tertiary/aromatic N) is 1. The minimum atomic E-state index is -0.254. The lowest BCUT2D eigenvalue weighted by molar-refractivity contribution is -0.123. The van der Waals surface area contributed by atoms with Crippen molar-refractivity contribution in [3.8, 4) is 5.75 Å². The number of ether oxygens (including phenoxy) is 1. The van der Waals surface area contributed by atoms with Gasteiger partial charge in [-0.1, -0.05) is 12.2 Å². The Morgan fingerprint density at radius 2 is 1.72 bits per heavy atom. The molecule has 1 aliphatic heterocycles. The second-order valence-electron chi connectivity index (χ2n) is 7.68. The third-order valence-corrected chi connectivity index (χ3v) is 6.68. The normalized spacial score (nSPS) is 33.3. The van der Waals surface area contributed by atoms with Gasteiger partial charge in [-0.2, -0.15) is 0 Å². The van der Waals surface area contributed by atoms with Crippen molar-refractivity contribution in [1.82, 2.24) is 0 Å². The van der Waals surface area contributed by atoms with E-state index in [0.29, 0.717) is 17.0 Å². The van der Waals surface area contributed by atoms with Crippen LogP contribution in [0.15, 0.2) is 30.4 Å². The number of benzene rings is 1. The number of hydrogen-bond donors (Lipinski definition) is 0. The number of Topliss-reactive ketones (excluding diaryl/α,β-unsaturated/α-hetero) is 1. The first-order chi connectivity index (χ1) is 12.0. The van der Waals surface area contributed by atoms with E-state index in [1.54, 1.807) is 18.2 Å². The van der Waals surface area contributed by atoms with E-state index in [0.717, 1.165) is 12.8 Å². The van der Waals surface area contributed by atoms with Crippen molar-refractivity contribution in [3.63, 3.8) is 0 Å². The fraction of sp³-hybridized carbons (Fsp3) is 0.450. The van der Waals surface area contributed by atoms with E-state index in [4.69, 9.17) is 4.74 Å². The molecule has 1 saturated heterocycles. The van der Waals surface area contributed by atoms with Gasteiger partial charge in [0.2, 0.25) is 11.8 Å². The number of methoxy groups -OCH3 is 1. The lowest BCUT2D eigenvalue weighted by Crippen LogP contribution is -2.35. The third-order valence-electron chi connectivity index (χ3n) is 6.68. The molecule has 128 valence electrons. The largest absolute Gasteiger partial charge is 0.495 e. The zero-order valence-electron chi connectivity index (χ0n) is 14.2. The summed E-state index contributed by atoms with van der Waals surface area (Å²) in [5.41, 5.74) is 1.04. The van der Waals surface area contributed by atoms with Gasteiger partial charge in [0.1, 0.15) is 5.75 Å². The molecule has 2 amide bonds. The lowest BCUT2D eigenvalue weighted by Gasteiger charge is -2.23. The first-order valence-corrected chi connectivity index (χ1v) is 8.75. The van der Waals surface area contributed by atoms with Crippen molar-refractivity contribution < 1.29 is 19.1 Å². The number of hydrogen-bond acceptors (Lipinski definition) is 4. The summed E-state index contributed by atoms with van der Waals surface area (Å²) < 4.78 is 5.36. The predicted molar refractivity (Wildman–Crippen MR) is 90.3 cm³/mol. The molecule has 0 radical (unpaired) electrons. The first kappa shape index (κ1) is 14.9. The van der Waals surface area contributed by atoms with Crippen LogP contribution in [0.3, 0.4) is 0 Å². The number of allylic oxidation sites excluding steroid dienone is 2. The molecular formula is C20H19NO4. The SMILES string of the molecule is COc1ccc(C(C)=O)cc1N1C(=O)C2C(C1=O)C1C=CC2C12CC2. The van der Waals surface area contributed by atoms with Gasteiger partial charge in [-0.15, -0.1) is 0 Å². The number of rotatable bonds is 3. The lowest BCUT2D eigenvalue weighted by atomic mass is 9.85. The van der Waals surface area contributed by atoms with Crippen LogP contribution in [0.25, 0.3) is 0 Å². The summed E-state index contributed by atoms with van der Waals surface area (Å²) in [6.45, 7) is 1.47. The molecule has 1 aromatic carbocycles. The maximum absolute atomic E-state index is 13.2. The highest BCUT2D eigenvalue weighted by atomic mass is 16.5. The van der Waals surface area contributed by atoms with Gasteiger partial charge in [0.25, 0.3) is 0 Å². The smallest absolute Gasteiger partial charge is 0.238 e. The summed E-state index contributed by atoms with van der Waals surface area (Å²) in [7, 11) is 1.50. The van der Waals surface area contributed by atoms with Crippen molar-refractivity contribution in [2.75, 3.05) is 12.0 Å². The number of carbonyl (C=O) groups is 3. The fourth-order valence-corrected chi connectivity index (χ4v) is 5.40. The average molecular weight is 337 g/mol. The van der Waals surface area contributed by atoms with E-state index < -0.39 is 0 Å². The molecule has 0 N–H and O–H groups in total. The number of ketones is 1. The van der Waals surface area contributed by atoms with E-state index in [-0.39, 0.29) is 46.7 Å². The van der Waals surface area contributed by atoms with Crippen LogP contribution in [0.2, 0.25) is 0 Å². The summed E-state index contributed by atoms with van der Waals surface area (Å²) in [4.78, 5) is 39.4. The van der Waals surface area contributed by atoms with Crippen molar-refractivity contribution in [2.45, 2.75) is 19.8 Å². The maximum atomic E-state index is 13.2. The van der Waals surface area contributed by atoms with Crippen LogP contribution < -0.4 is 9.64 Å². The quantitative estimate of drug-likeness (QED) is 0.483. The van der Waals surface area contributed by atoms with Gasteiger partial charge >= 0.3 is 0 Å². The van der Waals surface area contributed by atoms with Gasteiger partial charge in [-0.05, 0) is 55.2 Å². The van der Waals surface area contributed by atoms with Crippen LogP contribution in [0.1, 0.15) is 30.1 Å². The van der Waals surface area contributed by atoms with Crippen LogP contribution >= 0.6 is 0 Å². The molecule has 2 bridgehead atoms. The van der Waals surface area contributed by atoms with Gasteiger partial charge in [-0.25, -0.2) is 4.90 Å². The number of amides is 2. The van der Waals surface area contributed by atoms with Crippen LogP contribution in [0.5, 0.6) is 5.75 Å². The summed E-state index contributed by atoms with van der Waals surface area (Å²) in [5.74, 6) is -0.0903. The highest BCUT2D eigenvalue weighted by Crippen LogP contribution is 2.73. The van der Waals surface area contributed by atoms with Gasteiger partial charge in [0.05, 0.1) is 24.6 Å². The fourth-order valence-electron chi connectivity index (χ4n) is 5.40. The molecule has 5 rings (SSSR count). The van der Waals surface area contributed by atoms with E-state index >= 15 is 0 Å². The standard InChI is InChI=1S/C20H19NO4/c1-10(22)11-3-6-15(25-2)14(9-11)21-18(23)16-12-4-5-13(17(16)19(21)24)20(12)7-8-20/h3-6,9,12-13,16-17H,7-8H2,1-2H3. The molecule has 3 fully saturated rings. The average Bonchev–Trinajstić information content (AvgIpc) is 3.19. The molecule has 5 heteroatoms. The van der Waals surface area contributed by atoms with Gasteiger partial charge in [0, 0.05) is 5.56 Å². The Kier molecular flexibility index (Phi) is 2.73. The molecule has 5 nitrogen and oxygen atoms in total. The minimum absolute atomic E-state index is 0.109. The molecule has 0 aromatic heterocycles. The Bertz CT molecular complexity index is 832. The Morgan fingerprint density at radius 1 is 1.12 bits per heavy atom. The predicted octanol–water partition coefficient (Wildman–Crippen LogP) is 2.60. The summed E-state index contributed by atoms with van der Waals surface area (Å²) >= 11 is 0. The van der Waals surface area contributed by atoms with Crippen molar-refractivity contribution >= 4 is 23.3 Å². The van der Waals surface area contributed by atoms with Crippen LogP contribution in [0, 0.1) is 29.1 Å². The molecule has 25 heavy (non-hydrogen) atoms. The maximum Gasteiger partial charge on any atom is 0.238 e. The third kappa shape index (κ3) is 1.66. The van der Waals surface area contributed by atoms with Crippen molar-refractivity contribution in [2.24, 2.45) is 29.1 Å². The monoisotopic (exact) mass is 337 g/mol. The van der Waals surface area contributed by atoms with E-state index in [1.807, 2.05) is 0 Å². The Labute approximate surface area is 145 Å². The molecule has 1 heterocycles. The van der Waals surface area contributed by atoms with Gasteiger partial charge < -0.3 is 4.74 Å². The second kappa shape index (κ2) is 4.59. The summed E-state index contributed by atoms with van der Waals surface area (Å²) in [6, 6.07) is 4.90. The Morgan fingerprint density at radius 3 is 2.20 bits per heavy atom. The molecule has 4 aliphatic rings. The number of anilines is 1. The molecule has 1 spiro atoms. The molecule has 3 aliphatic carbocycles. The highest BCUT2D eigenvalue weighted by Gasteiger charge is 2.73. The van der Waals surface area contributed by atoms with E-state index in [9.17, 15) is 14.4 Å². The molecule has 4 unspecified atom stereocenters. The number of imide groups is 1. The number of fused-ring (bicyclic) bond motifs is 3. The molecule has 4 atom stereocenters. The van der Waals surface area contributed by atoms with Gasteiger partial charge in [-0.3, -0.25) is 14.4 Å². The molecule has 2 saturated carbocycles. The van der Waals surface area contributed by atoms with Crippen LogP contribution in [-0.2, 0) is 9.59 Å². The number of carbonyl (C=O) groups excluding carboxylic acids is 3. The zero-order valence-corrected chi connectivity index (χ0v) is 14.2. The van der Waals surface area contributed by atoms with E-state index in [2.05, 4.69) is 12.2 Å². The summed E-state index contributed by atoms with van der Waals surface area (Å²) in [6.07, 6.45) is 6.53. The Hall–Kier alpha value is -2.43. The molecule has 1 aromatic rings. The Balaban J connectivity index is 1.59. The second-order valence-corrected chi connectivity index (χ2v) is 7.68. The van der Waals surface area contributed by atoms with Crippen LogP contribution in [-0.4, -0.2) is 24.7 Å². The zero-order chi connectivity index (χ0) is 17.5. The molecular weight excluding hydrogens is 318 g/mol. The summed E-state index contributed by atoms with van der Waals surface area (Å²) in [5, 5.41) is 0. The van der Waals surface area contributed by atoms with Gasteiger partial charge in [0.15, 0.2) is 5.78 Å². The van der Waals surface area contributed by atoms with E-state index in [1.165, 1.54) is 18.9 Å². The minimum Gasteiger partial charge on any atom is -0.495 e. The van der Waals surface area contributed by atoms with Crippen LogP contribution in [0.4, 0.5) is 5.69 Å². The highest BCUT2D eigenvalue weighted by molar-refractivity contribution is 6.24. The topological polar surface area (TPSA) is 63.7 Å². The van der Waals surface area contributed by atoms with Crippen molar-refractivity contribution in [3.05, 3.63) is 35.9 Å².